The summed E-state index contributed by atoms with van der Waals surface area (Å²) in [4.78, 5) is 13.0. The lowest BCUT2D eigenvalue weighted by atomic mass is 10.1. The molecule has 1 saturated carbocycles. The Bertz CT molecular complexity index is 225. The summed E-state index contributed by atoms with van der Waals surface area (Å²) in [6, 6.07) is 0.184. The summed E-state index contributed by atoms with van der Waals surface area (Å²) < 4.78 is 0. The number of nitrogens with one attached hydrogen (secondary N) is 1. The van der Waals surface area contributed by atoms with Gasteiger partial charge >= 0.3 is 0 Å². The predicted molar refractivity (Wildman–Crippen MR) is 59.5 cm³/mol. The molecule has 4 nitrogen and oxygen atoms in total. The average molecular weight is 214 g/mol. The third-order valence-corrected chi connectivity index (χ3v) is 3.10. The number of hydrogen-bond acceptors (Lipinski definition) is 3. The second-order valence-corrected chi connectivity index (χ2v) is 4.93. The van der Waals surface area contributed by atoms with Crippen molar-refractivity contribution in [2.24, 2.45) is 5.41 Å². The molecule has 4 heteroatoms. The van der Waals surface area contributed by atoms with E-state index in [1.165, 1.54) is 0 Å². The Morgan fingerprint density at radius 2 is 2.13 bits per heavy atom. The van der Waals surface area contributed by atoms with E-state index in [-0.39, 0.29) is 24.0 Å². The van der Waals surface area contributed by atoms with Gasteiger partial charge in [0, 0.05) is 45.1 Å². The second kappa shape index (κ2) is 4.94. The number of hydrogen-bond donors (Lipinski definition) is 2. The molecule has 1 unspecified atom stereocenters. The van der Waals surface area contributed by atoms with Gasteiger partial charge in [-0.25, -0.2) is 0 Å². The van der Waals surface area contributed by atoms with E-state index < -0.39 is 0 Å². The molecule has 0 spiro atoms. The summed E-state index contributed by atoms with van der Waals surface area (Å²) in [6.45, 7) is 3.09. The highest BCUT2D eigenvalue weighted by Gasteiger charge is 2.41. The van der Waals surface area contributed by atoms with Gasteiger partial charge in [-0.2, -0.15) is 0 Å². The molecule has 0 aliphatic heterocycles. The van der Waals surface area contributed by atoms with E-state index in [0.717, 1.165) is 19.4 Å². The topological polar surface area (TPSA) is 52.6 Å². The van der Waals surface area contributed by atoms with Crippen molar-refractivity contribution in [2.45, 2.75) is 32.2 Å². The van der Waals surface area contributed by atoms with E-state index in [2.05, 4.69) is 5.32 Å². The lowest BCUT2D eigenvalue weighted by Gasteiger charge is -2.19. The SMILES string of the molecule is CC(CC(=O)N(C)C)NCC1(CO)CC1. The molecule has 1 aliphatic carbocycles. The molecule has 1 fully saturated rings. The Morgan fingerprint density at radius 1 is 1.53 bits per heavy atom. The van der Waals surface area contributed by atoms with Gasteiger partial charge in [-0.15, -0.1) is 0 Å². The smallest absolute Gasteiger partial charge is 0.223 e. The molecule has 0 bridgehead atoms. The molecule has 0 radical (unpaired) electrons. The molecule has 88 valence electrons. The van der Waals surface area contributed by atoms with Gasteiger partial charge in [0.25, 0.3) is 0 Å². The molecule has 1 rings (SSSR count). The number of amides is 1. The Morgan fingerprint density at radius 3 is 2.53 bits per heavy atom. The maximum Gasteiger partial charge on any atom is 0.223 e. The first-order valence-electron chi connectivity index (χ1n) is 5.53. The Hall–Kier alpha value is -0.610. The molecule has 0 aromatic rings. The van der Waals surface area contributed by atoms with E-state index in [4.69, 9.17) is 5.11 Å². The summed E-state index contributed by atoms with van der Waals surface area (Å²) in [7, 11) is 3.54. The summed E-state index contributed by atoms with van der Waals surface area (Å²) in [5.74, 6) is 0.142. The summed E-state index contributed by atoms with van der Waals surface area (Å²) in [6.07, 6.45) is 2.73. The van der Waals surface area contributed by atoms with E-state index in [1.807, 2.05) is 6.92 Å². The zero-order chi connectivity index (χ0) is 11.5. The van der Waals surface area contributed by atoms with Crippen molar-refractivity contribution in [1.82, 2.24) is 10.2 Å². The Labute approximate surface area is 91.6 Å². The van der Waals surface area contributed by atoms with Crippen LogP contribution >= 0.6 is 0 Å². The minimum atomic E-state index is 0.120. The van der Waals surface area contributed by atoms with E-state index in [0.29, 0.717) is 6.42 Å². The van der Waals surface area contributed by atoms with Crippen LogP contribution < -0.4 is 5.32 Å². The average Bonchev–Trinajstić information content (AvgIpc) is 2.95. The van der Waals surface area contributed by atoms with Gasteiger partial charge in [-0.1, -0.05) is 0 Å². The Kier molecular flexibility index (Phi) is 4.11. The number of carbonyl (C=O) groups is 1. The summed E-state index contributed by atoms with van der Waals surface area (Å²) >= 11 is 0. The second-order valence-electron chi connectivity index (χ2n) is 4.93. The van der Waals surface area contributed by atoms with Crippen LogP contribution in [0.2, 0.25) is 0 Å². The van der Waals surface area contributed by atoms with E-state index >= 15 is 0 Å². The highest BCUT2D eigenvalue weighted by atomic mass is 16.3. The molecule has 0 heterocycles. The molecule has 0 aromatic heterocycles. The van der Waals surface area contributed by atoms with Gasteiger partial charge in [0.05, 0.1) is 0 Å². The number of aliphatic hydroxyl groups is 1. The van der Waals surface area contributed by atoms with Crippen LogP contribution in [0.25, 0.3) is 0 Å². The van der Waals surface area contributed by atoms with Gasteiger partial charge in [0.15, 0.2) is 0 Å². The van der Waals surface area contributed by atoms with Crippen LogP contribution in [0.15, 0.2) is 0 Å². The molecule has 2 N–H and O–H groups in total. The third kappa shape index (κ3) is 3.80. The zero-order valence-electron chi connectivity index (χ0n) is 9.92. The molecule has 1 amide bonds. The quantitative estimate of drug-likeness (QED) is 0.665. The summed E-state index contributed by atoms with van der Waals surface area (Å²) in [5.41, 5.74) is 0.120. The van der Waals surface area contributed by atoms with Crippen molar-refractivity contribution in [1.29, 1.82) is 0 Å². The molecular formula is C11H22N2O2. The van der Waals surface area contributed by atoms with Crippen molar-refractivity contribution < 1.29 is 9.90 Å². The summed E-state index contributed by atoms with van der Waals surface area (Å²) in [5, 5.41) is 12.4. The van der Waals surface area contributed by atoms with Crippen molar-refractivity contribution in [3.8, 4) is 0 Å². The molecule has 1 aliphatic rings. The third-order valence-electron chi connectivity index (χ3n) is 3.10. The normalized spacial score (nSPS) is 19.7. The Balaban J connectivity index is 2.19. The minimum absolute atomic E-state index is 0.120. The van der Waals surface area contributed by atoms with Crippen molar-refractivity contribution in [3.63, 3.8) is 0 Å². The molecule has 15 heavy (non-hydrogen) atoms. The molecule has 0 saturated heterocycles. The first-order chi connectivity index (χ1) is 6.99. The van der Waals surface area contributed by atoms with Crippen LogP contribution in [0.4, 0.5) is 0 Å². The van der Waals surface area contributed by atoms with Gasteiger partial charge < -0.3 is 15.3 Å². The van der Waals surface area contributed by atoms with Crippen LogP contribution in [-0.4, -0.2) is 49.2 Å². The lowest BCUT2D eigenvalue weighted by Crippen LogP contribution is -2.37. The fraction of sp³-hybridized carbons (Fsp3) is 0.909. The van der Waals surface area contributed by atoms with E-state index in [1.54, 1.807) is 19.0 Å². The number of nitrogens with zero attached hydrogens (tertiary/aromatic N) is 1. The molecule has 1 atom stereocenters. The zero-order valence-corrected chi connectivity index (χ0v) is 9.92. The number of carbonyl (C=O) groups excluding carboxylic acids is 1. The molecular weight excluding hydrogens is 192 g/mol. The predicted octanol–water partition coefficient (Wildman–Crippen LogP) is 0.215. The van der Waals surface area contributed by atoms with E-state index in [9.17, 15) is 4.79 Å². The highest BCUT2D eigenvalue weighted by molar-refractivity contribution is 5.76. The lowest BCUT2D eigenvalue weighted by molar-refractivity contribution is -0.129. The standard InChI is InChI=1S/C11H22N2O2/c1-9(6-10(15)13(2)3)12-7-11(8-14)4-5-11/h9,12,14H,4-8H2,1-3H3. The number of rotatable bonds is 6. The monoisotopic (exact) mass is 214 g/mol. The van der Waals surface area contributed by atoms with Gasteiger partial charge in [-0.05, 0) is 19.8 Å². The first-order valence-corrected chi connectivity index (χ1v) is 5.53. The van der Waals surface area contributed by atoms with Gasteiger partial charge in [0.2, 0.25) is 5.91 Å². The highest BCUT2D eigenvalue weighted by Crippen LogP contribution is 2.44. The maximum atomic E-state index is 11.4. The minimum Gasteiger partial charge on any atom is -0.396 e. The van der Waals surface area contributed by atoms with Gasteiger partial charge in [0.1, 0.15) is 0 Å². The van der Waals surface area contributed by atoms with Gasteiger partial charge in [-0.3, -0.25) is 4.79 Å². The van der Waals surface area contributed by atoms with Crippen LogP contribution in [0.5, 0.6) is 0 Å². The first kappa shape index (κ1) is 12.5. The van der Waals surface area contributed by atoms with Crippen molar-refractivity contribution in [3.05, 3.63) is 0 Å². The largest absolute Gasteiger partial charge is 0.396 e. The van der Waals surface area contributed by atoms with Crippen molar-refractivity contribution >= 4 is 5.91 Å². The van der Waals surface area contributed by atoms with Crippen molar-refractivity contribution in [2.75, 3.05) is 27.2 Å². The molecule has 0 aromatic carbocycles. The van der Waals surface area contributed by atoms with Crippen LogP contribution in [0.3, 0.4) is 0 Å². The maximum absolute atomic E-state index is 11.4. The van der Waals surface area contributed by atoms with Crippen LogP contribution in [-0.2, 0) is 4.79 Å². The van der Waals surface area contributed by atoms with Crippen LogP contribution in [0, 0.1) is 5.41 Å². The fourth-order valence-corrected chi connectivity index (χ4v) is 1.47. The fourth-order valence-electron chi connectivity index (χ4n) is 1.47. The van der Waals surface area contributed by atoms with Crippen LogP contribution in [0.1, 0.15) is 26.2 Å². The number of aliphatic hydroxyl groups excluding tert-OH is 1.